The molecule has 0 radical (unpaired) electrons. The van der Waals surface area contributed by atoms with Crippen LogP contribution in [0.15, 0.2) is 30.3 Å². The normalized spacial score (nSPS) is 17.7. The minimum atomic E-state index is -0.00955. The van der Waals surface area contributed by atoms with Gasteiger partial charge in [-0.2, -0.15) is 0 Å². The van der Waals surface area contributed by atoms with Gasteiger partial charge in [-0.15, -0.1) is 0 Å². The number of amides is 1. The van der Waals surface area contributed by atoms with E-state index in [1.54, 1.807) is 0 Å². The van der Waals surface area contributed by atoms with Crippen molar-refractivity contribution in [1.82, 2.24) is 10.6 Å². The molecule has 3 nitrogen and oxygen atoms in total. The summed E-state index contributed by atoms with van der Waals surface area (Å²) < 4.78 is 0. The second-order valence-corrected chi connectivity index (χ2v) is 7.14. The third-order valence-electron chi connectivity index (χ3n) is 4.21. The molecule has 0 spiro atoms. The van der Waals surface area contributed by atoms with Gasteiger partial charge in [-0.1, -0.05) is 63.9 Å². The Hall–Kier alpha value is -1.35. The van der Waals surface area contributed by atoms with E-state index in [9.17, 15) is 4.79 Å². The predicted molar refractivity (Wildman–Crippen MR) is 87.0 cm³/mol. The summed E-state index contributed by atoms with van der Waals surface area (Å²) in [7, 11) is 0. The van der Waals surface area contributed by atoms with Crippen molar-refractivity contribution < 1.29 is 4.79 Å². The quantitative estimate of drug-likeness (QED) is 0.871. The molecule has 1 aromatic carbocycles. The summed E-state index contributed by atoms with van der Waals surface area (Å²) >= 11 is 0. The maximum Gasteiger partial charge on any atom is 0.234 e. The van der Waals surface area contributed by atoms with Gasteiger partial charge in [0.25, 0.3) is 0 Å². The lowest BCUT2D eigenvalue weighted by molar-refractivity contribution is -0.121. The third-order valence-corrected chi connectivity index (χ3v) is 4.21. The lowest BCUT2D eigenvalue weighted by Crippen LogP contribution is -2.43. The van der Waals surface area contributed by atoms with E-state index in [0.717, 1.165) is 0 Å². The zero-order valence-corrected chi connectivity index (χ0v) is 13.5. The number of carbonyl (C=O) groups excluding carboxylic acids is 1. The number of hydrogen-bond donors (Lipinski definition) is 2. The average Bonchev–Trinajstić information content (AvgIpc) is 2.95. The summed E-state index contributed by atoms with van der Waals surface area (Å²) in [6, 6.07) is 10.8. The van der Waals surface area contributed by atoms with E-state index in [1.807, 2.05) is 18.2 Å². The summed E-state index contributed by atoms with van der Waals surface area (Å²) in [4.78, 5) is 12.3. The molecule has 0 saturated heterocycles. The molecule has 1 saturated carbocycles. The van der Waals surface area contributed by atoms with Gasteiger partial charge in [0.15, 0.2) is 0 Å². The second-order valence-electron chi connectivity index (χ2n) is 7.14. The van der Waals surface area contributed by atoms with Crippen molar-refractivity contribution in [3.63, 3.8) is 0 Å². The van der Waals surface area contributed by atoms with Gasteiger partial charge < -0.3 is 10.6 Å². The van der Waals surface area contributed by atoms with Gasteiger partial charge in [0.2, 0.25) is 5.91 Å². The van der Waals surface area contributed by atoms with Crippen LogP contribution in [-0.2, 0) is 4.79 Å². The molecule has 1 aliphatic rings. The molecule has 1 aliphatic carbocycles. The molecule has 1 fully saturated rings. The Morgan fingerprint density at radius 1 is 1.19 bits per heavy atom. The van der Waals surface area contributed by atoms with Crippen LogP contribution in [0.3, 0.4) is 0 Å². The van der Waals surface area contributed by atoms with E-state index in [2.05, 4.69) is 43.5 Å². The first-order chi connectivity index (χ1) is 9.97. The first-order valence-electron chi connectivity index (χ1n) is 8.04. The van der Waals surface area contributed by atoms with Crippen molar-refractivity contribution in [2.45, 2.75) is 58.5 Å². The zero-order chi connectivity index (χ0) is 15.3. The fourth-order valence-corrected chi connectivity index (χ4v) is 3.02. The number of nitrogens with one attached hydrogen (secondary N) is 2. The average molecular weight is 288 g/mol. The monoisotopic (exact) mass is 288 g/mol. The van der Waals surface area contributed by atoms with E-state index < -0.39 is 0 Å². The van der Waals surface area contributed by atoms with Gasteiger partial charge >= 0.3 is 0 Å². The molecule has 1 unspecified atom stereocenters. The first-order valence-corrected chi connectivity index (χ1v) is 8.04. The minimum Gasteiger partial charge on any atom is -0.348 e. The third kappa shape index (κ3) is 4.85. The maximum absolute atomic E-state index is 12.3. The SMILES string of the molecule is CC(C)(C)C(NC(=O)CNC1CCCC1)c1ccccc1. The molecule has 116 valence electrons. The van der Waals surface area contributed by atoms with E-state index >= 15 is 0 Å². The minimum absolute atomic E-state index is 0.00955. The number of benzene rings is 1. The molecule has 0 bridgehead atoms. The summed E-state index contributed by atoms with van der Waals surface area (Å²) in [6.45, 7) is 6.91. The topological polar surface area (TPSA) is 41.1 Å². The lowest BCUT2D eigenvalue weighted by atomic mass is 9.82. The van der Waals surface area contributed by atoms with Crippen molar-refractivity contribution in [3.8, 4) is 0 Å². The molecule has 1 aromatic rings. The summed E-state index contributed by atoms with van der Waals surface area (Å²) in [6.07, 6.45) is 4.98. The second kappa shape index (κ2) is 7.08. The molecule has 2 N–H and O–H groups in total. The maximum atomic E-state index is 12.3. The molecular formula is C18H28N2O. The molecule has 3 heteroatoms. The molecule has 2 rings (SSSR count). The predicted octanol–water partition coefficient (Wildman–Crippen LogP) is 3.42. The van der Waals surface area contributed by atoms with Crippen LogP contribution >= 0.6 is 0 Å². The molecule has 0 heterocycles. The fourth-order valence-electron chi connectivity index (χ4n) is 3.02. The van der Waals surface area contributed by atoms with E-state index in [4.69, 9.17) is 0 Å². The van der Waals surface area contributed by atoms with Crippen LogP contribution in [0.4, 0.5) is 0 Å². The van der Waals surface area contributed by atoms with Crippen LogP contribution in [0.2, 0.25) is 0 Å². The van der Waals surface area contributed by atoms with E-state index in [0.29, 0.717) is 12.6 Å². The highest BCUT2D eigenvalue weighted by Crippen LogP contribution is 2.32. The highest BCUT2D eigenvalue weighted by atomic mass is 16.2. The summed E-state index contributed by atoms with van der Waals surface area (Å²) in [5.41, 5.74) is 1.16. The van der Waals surface area contributed by atoms with Crippen LogP contribution < -0.4 is 10.6 Å². The van der Waals surface area contributed by atoms with Crippen LogP contribution in [0.5, 0.6) is 0 Å². The Labute approximate surface area is 128 Å². The van der Waals surface area contributed by atoms with E-state index in [1.165, 1.54) is 31.2 Å². The summed E-state index contributed by atoms with van der Waals surface area (Å²) in [5.74, 6) is 0.0886. The Morgan fingerprint density at radius 2 is 1.81 bits per heavy atom. The van der Waals surface area contributed by atoms with Gasteiger partial charge in [0.05, 0.1) is 12.6 Å². The van der Waals surface area contributed by atoms with Crippen LogP contribution in [0.1, 0.15) is 58.1 Å². The van der Waals surface area contributed by atoms with Crippen LogP contribution in [0, 0.1) is 5.41 Å². The Bertz CT molecular complexity index is 444. The van der Waals surface area contributed by atoms with Crippen LogP contribution in [0.25, 0.3) is 0 Å². The van der Waals surface area contributed by atoms with Gasteiger partial charge in [0, 0.05) is 6.04 Å². The van der Waals surface area contributed by atoms with E-state index in [-0.39, 0.29) is 17.4 Å². The lowest BCUT2D eigenvalue weighted by Gasteiger charge is -2.32. The Morgan fingerprint density at radius 3 is 2.38 bits per heavy atom. The molecule has 0 aliphatic heterocycles. The Kier molecular flexibility index (Phi) is 5.40. The highest BCUT2D eigenvalue weighted by molar-refractivity contribution is 5.78. The largest absolute Gasteiger partial charge is 0.348 e. The van der Waals surface area contributed by atoms with Gasteiger partial charge in [-0.25, -0.2) is 0 Å². The standard InChI is InChI=1S/C18H28N2O/c1-18(2,3)17(14-9-5-4-6-10-14)20-16(21)13-19-15-11-7-8-12-15/h4-6,9-10,15,17,19H,7-8,11-13H2,1-3H3,(H,20,21). The van der Waals surface area contributed by atoms with Crippen molar-refractivity contribution in [2.24, 2.45) is 5.41 Å². The smallest absolute Gasteiger partial charge is 0.234 e. The van der Waals surface area contributed by atoms with Crippen molar-refractivity contribution in [3.05, 3.63) is 35.9 Å². The molecule has 21 heavy (non-hydrogen) atoms. The van der Waals surface area contributed by atoms with Gasteiger partial charge in [-0.3, -0.25) is 4.79 Å². The number of hydrogen-bond acceptors (Lipinski definition) is 2. The van der Waals surface area contributed by atoms with Crippen molar-refractivity contribution in [1.29, 1.82) is 0 Å². The number of rotatable bonds is 5. The first kappa shape index (κ1) is 16.0. The van der Waals surface area contributed by atoms with Crippen molar-refractivity contribution >= 4 is 5.91 Å². The molecule has 1 atom stereocenters. The van der Waals surface area contributed by atoms with Crippen LogP contribution in [-0.4, -0.2) is 18.5 Å². The van der Waals surface area contributed by atoms with Gasteiger partial charge in [-0.05, 0) is 23.8 Å². The summed E-state index contributed by atoms with van der Waals surface area (Å²) in [5, 5.41) is 6.57. The molecule has 1 amide bonds. The molecule has 0 aromatic heterocycles. The zero-order valence-electron chi connectivity index (χ0n) is 13.5. The highest BCUT2D eigenvalue weighted by Gasteiger charge is 2.27. The fraction of sp³-hybridized carbons (Fsp3) is 0.611. The van der Waals surface area contributed by atoms with Crippen molar-refractivity contribution in [2.75, 3.05) is 6.54 Å². The number of carbonyl (C=O) groups is 1. The molecular weight excluding hydrogens is 260 g/mol. The Balaban J connectivity index is 1.93. The van der Waals surface area contributed by atoms with Gasteiger partial charge in [0.1, 0.15) is 0 Å².